The van der Waals surface area contributed by atoms with Crippen LogP contribution in [0.5, 0.6) is 0 Å². The van der Waals surface area contributed by atoms with E-state index in [-0.39, 0.29) is 23.3 Å². The Hall–Kier alpha value is -1.56. The summed E-state index contributed by atoms with van der Waals surface area (Å²) in [5.41, 5.74) is 0.341. The number of urea groups is 1. The second-order valence-electron chi connectivity index (χ2n) is 4.48. The number of hydrogen-bond donors (Lipinski definition) is 2. The molecule has 0 atom stereocenters. The van der Waals surface area contributed by atoms with E-state index in [0.717, 1.165) is 12.8 Å². The van der Waals surface area contributed by atoms with Gasteiger partial charge in [-0.3, -0.25) is 0 Å². The summed E-state index contributed by atoms with van der Waals surface area (Å²) < 4.78 is 0.545. The maximum atomic E-state index is 12.2. The Kier molecular flexibility index (Phi) is 6.01. The predicted molar refractivity (Wildman–Crippen MR) is 82.3 cm³/mol. The molecular formula is C14H19BrN2O3. The molecule has 0 unspecified atom stereocenters. The van der Waals surface area contributed by atoms with E-state index in [1.165, 1.54) is 6.07 Å². The van der Waals surface area contributed by atoms with Crippen molar-refractivity contribution in [1.82, 2.24) is 4.90 Å². The summed E-state index contributed by atoms with van der Waals surface area (Å²) in [6, 6.07) is 4.59. The lowest BCUT2D eigenvalue weighted by atomic mass is 10.1. The minimum Gasteiger partial charge on any atom is -0.478 e. The number of benzene rings is 1. The maximum absolute atomic E-state index is 12.2. The molecule has 110 valence electrons. The normalized spacial score (nSPS) is 10.4. The molecule has 0 saturated heterocycles. The first kappa shape index (κ1) is 16.5. The molecule has 0 heterocycles. The van der Waals surface area contributed by atoms with Crippen molar-refractivity contribution in [2.24, 2.45) is 0 Å². The number of nitrogens with one attached hydrogen (secondary N) is 1. The Labute approximate surface area is 127 Å². The number of carbonyl (C=O) groups is 2. The average Bonchev–Trinajstić information content (AvgIpc) is 2.41. The summed E-state index contributed by atoms with van der Waals surface area (Å²) in [7, 11) is 1.71. The summed E-state index contributed by atoms with van der Waals surface area (Å²) in [6.07, 6.45) is 1.70. The minimum absolute atomic E-state index is 0.0608. The summed E-state index contributed by atoms with van der Waals surface area (Å²) in [6.45, 7) is 4.03. The van der Waals surface area contributed by atoms with E-state index in [1.54, 1.807) is 24.1 Å². The Morgan fingerprint density at radius 2 is 1.95 bits per heavy atom. The molecule has 0 radical (unpaired) electrons. The maximum Gasteiger partial charge on any atom is 0.337 e. The highest BCUT2D eigenvalue weighted by molar-refractivity contribution is 9.10. The van der Waals surface area contributed by atoms with E-state index >= 15 is 0 Å². The zero-order valence-electron chi connectivity index (χ0n) is 11.8. The number of carboxylic acid groups (broad SMARTS) is 1. The molecule has 0 aromatic heterocycles. The topological polar surface area (TPSA) is 69.6 Å². The molecule has 1 rings (SSSR count). The third-order valence-electron chi connectivity index (χ3n) is 3.29. The highest BCUT2D eigenvalue weighted by Crippen LogP contribution is 2.27. The van der Waals surface area contributed by atoms with E-state index in [0.29, 0.717) is 4.47 Å². The van der Waals surface area contributed by atoms with E-state index in [1.807, 2.05) is 13.8 Å². The Morgan fingerprint density at radius 1 is 1.35 bits per heavy atom. The fourth-order valence-electron chi connectivity index (χ4n) is 2.03. The van der Waals surface area contributed by atoms with Gasteiger partial charge in [0.05, 0.1) is 11.3 Å². The molecule has 0 saturated carbocycles. The molecule has 2 amide bonds. The largest absolute Gasteiger partial charge is 0.478 e. The molecular weight excluding hydrogens is 324 g/mol. The number of aromatic carboxylic acids is 1. The molecule has 2 N–H and O–H groups in total. The summed E-state index contributed by atoms with van der Waals surface area (Å²) >= 11 is 3.27. The number of rotatable bonds is 5. The second kappa shape index (κ2) is 7.28. The van der Waals surface area contributed by atoms with Gasteiger partial charge in [-0.15, -0.1) is 0 Å². The van der Waals surface area contributed by atoms with Gasteiger partial charge >= 0.3 is 12.0 Å². The molecule has 6 heteroatoms. The van der Waals surface area contributed by atoms with Gasteiger partial charge in [-0.2, -0.15) is 0 Å². The van der Waals surface area contributed by atoms with Gasteiger partial charge in [-0.25, -0.2) is 9.59 Å². The minimum atomic E-state index is -1.08. The summed E-state index contributed by atoms with van der Waals surface area (Å²) in [5.74, 6) is -1.08. The van der Waals surface area contributed by atoms with Crippen molar-refractivity contribution in [2.45, 2.75) is 32.7 Å². The van der Waals surface area contributed by atoms with Gasteiger partial charge in [0.1, 0.15) is 0 Å². The van der Waals surface area contributed by atoms with Crippen molar-refractivity contribution in [2.75, 3.05) is 12.4 Å². The molecule has 0 aliphatic heterocycles. The van der Waals surface area contributed by atoms with Crippen molar-refractivity contribution in [1.29, 1.82) is 0 Å². The van der Waals surface area contributed by atoms with Gasteiger partial charge in [0.2, 0.25) is 0 Å². The van der Waals surface area contributed by atoms with Crippen LogP contribution in [0.2, 0.25) is 0 Å². The fourth-order valence-corrected chi connectivity index (χ4v) is 2.49. The first-order valence-corrected chi connectivity index (χ1v) is 7.27. The molecule has 0 fully saturated rings. The molecule has 1 aromatic carbocycles. The highest BCUT2D eigenvalue weighted by atomic mass is 79.9. The van der Waals surface area contributed by atoms with Crippen molar-refractivity contribution in [3.63, 3.8) is 0 Å². The Balaban J connectivity index is 2.99. The molecule has 0 spiro atoms. The zero-order valence-corrected chi connectivity index (χ0v) is 13.4. The van der Waals surface area contributed by atoms with E-state index < -0.39 is 5.97 Å². The lowest BCUT2D eigenvalue weighted by Crippen LogP contribution is -2.39. The van der Waals surface area contributed by atoms with E-state index in [4.69, 9.17) is 5.11 Å². The first-order chi connectivity index (χ1) is 9.42. The van der Waals surface area contributed by atoms with Gasteiger partial charge in [0, 0.05) is 17.6 Å². The monoisotopic (exact) mass is 342 g/mol. The highest BCUT2D eigenvalue weighted by Gasteiger charge is 2.20. The molecule has 0 aliphatic carbocycles. The van der Waals surface area contributed by atoms with Gasteiger partial charge in [-0.1, -0.05) is 19.9 Å². The van der Waals surface area contributed by atoms with Crippen molar-refractivity contribution in [3.8, 4) is 0 Å². The smallest absolute Gasteiger partial charge is 0.337 e. The number of carbonyl (C=O) groups excluding carboxylic acids is 1. The Bertz CT molecular complexity index is 501. The van der Waals surface area contributed by atoms with Crippen molar-refractivity contribution in [3.05, 3.63) is 28.2 Å². The fraction of sp³-hybridized carbons (Fsp3) is 0.429. The summed E-state index contributed by atoms with van der Waals surface area (Å²) in [5, 5.41) is 11.8. The van der Waals surface area contributed by atoms with Gasteiger partial charge in [0.25, 0.3) is 0 Å². The molecule has 1 aromatic rings. The van der Waals surface area contributed by atoms with Crippen LogP contribution in [0.15, 0.2) is 22.7 Å². The molecule has 0 bridgehead atoms. The number of amides is 2. The molecule has 0 aliphatic rings. The lowest BCUT2D eigenvalue weighted by Gasteiger charge is -2.27. The van der Waals surface area contributed by atoms with Crippen LogP contribution >= 0.6 is 15.9 Å². The van der Waals surface area contributed by atoms with Crippen LogP contribution in [-0.4, -0.2) is 35.1 Å². The van der Waals surface area contributed by atoms with Crippen LogP contribution in [0.3, 0.4) is 0 Å². The molecule has 5 nitrogen and oxygen atoms in total. The third kappa shape index (κ3) is 3.72. The number of hydrogen-bond acceptors (Lipinski definition) is 2. The molecule has 20 heavy (non-hydrogen) atoms. The van der Waals surface area contributed by atoms with Crippen LogP contribution in [-0.2, 0) is 0 Å². The number of anilines is 1. The average molecular weight is 343 g/mol. The van der Waals surface area contributed by atoms with Crippen LogP contribution < -0.4 is 5.32 Å². The number of halogens is 1. The zero-order chi connectivity index (χ0) is 15.3. The van der Waals surface area contributed by atoms with Gasteiger partial charge in [0.15, 0.2) is 0 Å². The van der Waals surface area contributed by atoms with Gasteiger partial charge < -0.3 is 15.3 Å². The van der Waals surface area contributed by atoms with Crippen LogP contribution in [0.25, 0.3) is 0 Å². The van der Waals surface area contributed by atoms with Crippen LogP contribution in [0.4, 0.5) is 10.5 Å². The van der Waals surface area contributed by atoms with Gasteiger partial charge in [-0.05, 0) is 40.9 Å². The SMILES string of the molecule is CCC(CC)N(C)C(=O)Nc1c(Br)cccc1C(=O)O. The number of para-hydroxylation sites is 1. The first-order valence-electron chi connectivity index (χ1n) is 6.47. The number of carboxylic acids is 1. The van der Waals surface area contributed by atoms with E-state index in [9.17, 15) is 9.59 Å². The standard InChI is InChI=1S/C14H19BrN2O3/c1-4-9(5-2)17(3)14(20)16-12-10(13(18)19)7-6-8-11(12)15/h6-9H,4-5H2,1-3H3,(H,16,20)(H,18,19). The van der Waals surface area contributed by atoms with Crippen molar-refractivity contribution < 1.29 is 14.7 Å². The number of nitrogens with zero attached hydrogens (tertiary/aromatic N) is 1. The van der Waals surface area contributed by atoms with Crippen LogP contribution in [0.1, 0.15) is 37.0 Å². The predicted octanol–water partition coefficient (Wildman–Crippen LogP) is 3.80. The Morgan fingerprint density at radius 3 is 2.45 bits per heavy atom. The van der Waals surface area contributed by atoms with Crippen molar-refractivity contribution >= 4 is 33.6 Å². The lowest BCUT2D eigenvalue weighted by molar-refractivity contribution is 0.0698. The van der Waals surface area contributed by atoms with Crippen LogP contribution in [0, 0.1) is 0 Å². The quantitative estimate of drug-likeness (QED) is 0.854. The second-order valence-corrected chi connectivity index (χ2v) is 5.33. The summed E-state index contributed by atoms with van der Waals surface area (Å²) in [4.78, 5) is 25.0. The third-order valence-corrected chi connectivity index (χ3v) is 3.95. The van der Waals surface area contributed by atoms with E-state index in [2.05, 4.69) is 21.2 Å².